The predicted octanol–water partition coefficient (Wildman–Crippen LogP) is 3.88. The van der Waals surface area contributed by atoms with Gasteiger partial charge in [-0.05, 0) is 30.2 Å². The second-order valence-electron chi connectivity index (χ2n) is 3.47. The van der Waals surface area contributed by atoms with Gasteiger partial charge in [0.15, 0.2) is 0 Å². The van der Waals surface area contributed by atoms with E-state index in [9.17, 15) is 10.1 Å². The zero-order chi connectivity index (χ0) is 14.3. The first-order chi connectivity index (χ1) is 9.10. The second-order valence-corrected chi connectivity index (χ2v) is 5.43. The third-order valence-electron chi connectivity index (χ3n) is 2.29. The monoisotopic (exact) mass is 297 g/mol. The van der Waals surface area contributed by atoms with Crippen molar-refractivity contribution in [3.05, 3.63) is 56.0 Å². The quantitative estimate of drug-likeness (QED) is 0.453. The van der Waals surface area contributed by atoms with Gasteiger partial charge in [0, 0.05) is 16.4 Å². The van der Waals surface area contributed by atoms with Crippen LogP contribution in [-0.4, -0.2) is 24.5 Å². The van der Waals surface area contributed by atoms with Crippen molar-refractivity contribution in [2.24, 2.45) is 0 Å². The van der Waals surface area contributed by atoms with Crippen LogP contribution in [0.4, 0.5) is 0 Å². The van der Waals surface area contributed by atoms with E-state index in [0.717, 1.165) is 9.80 Å². The summed E-state index contributed by atoms with van der Waals surface area (Å²) in [6, 6.07) is 7.16. The van der Waals surface area contributed by atoms with Crippen LogP contribution in [0.5, 0.6) is 5.75 Å². The largest absolute Gasteiger partial charge is 0.497 e. The molecule has 0 aliphatic carbocycles. The van der Waals surface area contributed by atoms with Gasteiger partial charge in [0.1, 0.15) is 5.75 Å². The summed E-state index contributed by atoms with van der Waals surface area (Å²) >= 11 is 2.98. The molecule has 0 aromatic heterocycles. The third-order valence-corrected chi connectivity index (χ3v) is 4.33. The van der Waals surface area contributed by atoms with Gasteiger partial charge in [0.05, 0.1) is 12.0 Å². The smallest absolute Gasteiger partial charge is 0.271 e. The van der Waals surface area contributed by atoms with Crippen molar-refractivity contribution in [3.63, 3.8) is 0 Å². The lowest BCUT2D eigenvalue weighted by Crippen LogP contribution is -1.96. The van der Waals surface area contributed by atoms with Crippen molar-refractivity contribution in [3.8, 4) is 5.75 Å². The van der Waals surface area contributed by atoms with Crippen LogP contribution in [-0.2, 0) is 0 Å². The Bertz CT molecular complexity index is 506. The summed E-state index contributed by atoms with van der Waals surface area (Å²) in [5, 5.41) is 11.1. The molecule has 0 N–H and O–H groups in total. The fourth-order valence-electron chi connectivity index (χ4n) is 1.37. The SMILES string of the molecule is COc1cccc(/C=C(\C=C(SC)SC)[N+](=O)[O-])c1. The highest BCUT2D eigenvalue weighted by atomic mass is 32.2. The Kier molecular flexibility index (Phi) is 6.52. The molecule has 1 rings (SSSR count). The number of nitro groups is 1. The molecule has 1 aromatic rings. The average Bonchev–Trinajstić information content (AvgIpc) is 2.43. The van der Waals surface area contributed by atoms with Crippen LogP contribution in [0.1, 0.15) is 5.56 Å². The van der Waals surface area contributed by atoms with Crippen LogP contribution in [0, 0.1) is 10.1 Å². The molecular weight excluding hydrogens is 282 g/mol. The number of thioether (sulfide) groups is 2. The summed E-state index contributed by atoms with van der Waals surface area (Å²) in [6.07, 6.45) is 6.90. The molecule has 0 unspecified atom stereocenters. The van der Waals surface area contributed by atoms with Crippen LogP contribution in [0.25, 0.3) is 6.08 Å². The highest BCUT2D eigenvalue weighted by Crippen LogP contribution is 2.26. The number of hydrogen-bond acceptors (Lipinski definition) is 5. The highest BCUT2D eigenvalue weighted by molar-refractivity contribution is 8.21. The number of allylic oxidation sites excluding steroid dienone is 1. The normalized spacial score (nSPS) is 11.0. The minimum atomic E-state index is -0.383. The van der Waals surface area contributed by atoms with Crippen molar-refractivity contribution >= 4 is 29.6 Å². The van der Waals surface area contributed by atoms with Crippen LogP contribution in [0.2, 0.25) is 0 Å². The number of nitrogens with zero attached hydrogens (tertiary/aromatic N) is 1. The molecular formula is C13H15NO3S2. The van der Waals surface area contributed by atoms with Gasteiger partial charge in [-0.3, -0.25) is 10.1 Å². The fourth-order valence-corrected chi connectivity index (χ4v) is 2.51. The fraction of sp³-hybridized carbons (Fsp3) is 0.231. The van der Waals surface area contributed by atoms with Crippen molar-refractivity contribution in [2.75, 3.05) is 19.6 Å². The van der Waals surface area contributed by atoms with Gasteiger partial charge < -0.3 is 4.74 Å². The number of ether oxygens (including phenoxy) is 1. The lowest BCUT2D eigenvalue weighted by atomic mass is 10.2. The Balaban J connectivity index is 3.14. The molecule has 0 fully saturated rings. The van der Waals surface area contributed by atoms with E-state index in [2.05, 4.69) is 0 Å². The average molecular weight is 297 g/mol. The van der Waals surface area contributed by atoms with Crippen LogP contribution < -0.4 is 4.74 Å². The van der Waals surface area contributed by atoms with Crippen molar-refractivity contribution < 1.29 is 9.66 Å². The van der Waals surface area contributed by atoms with Crippen LogP contribution in [0.3, 0.4) is 0 Å². The number of methoxy groups -OCH3 is 1. The minimum absolute atomic E-state index is 0.0620. The Morgan fingerprint density at radius 1 is 1.37 bits per heavy atom. The molecule has 0 heterocycles. The van der Waals surface area contributed by atoms with E-state index < -0.39 is 0 Å². The number of rotatable bonds is 6. The predicted molar refractivity (Wildman–Crippen MR) is 83.1 cm³/mol. The van der Waals surface area contributed by atoms with E-state index in [1.807, 2.05) is 12.5 Å². The van der Waals surface area contributed by atoms with Crippen LogP contribution >= 0.6 is 23.5 Å². The van der Waals surface area contributed by atoms with Gasteiger partial charge in [0.25, 0.3) is 5.70 Å². The molecule has 6 heteroatoms. The molecule has 1 aromatic carbocycles. The van der Waals surface area contributed by atoms with E-state index in [0.29, 0.717) is 5.75 Å². The molecule has 0 aliphatic heterocycles. The maximum atomic E-state index is 11.1. The summed E-state index contributed by atoms with van der Waals surface area (Å²) in [6.45, 7) is 0. The molecule has 4 nitrogen and oxygen atoms in total. The Morgan fingerprint density at radius 3 is 2.58 bits per heavy atom. The first-order valence-electron chi connectivity index (χ1n) is 5.40. The van der Waals surface area contributed by atoms with Gasteiger partial charge in [-0.2, -0.15) is 0 Å². The highest BCUT2D eigenvalue weighted by Gasteiger charge is 2.09. The van der Waals surface area contributed by atoms with E-state index in [1.165, 1.54) is 29.6 Å². The Labute approximate surface area is 121 Å². The molecule has 102 valence electrons. The summed E-state index contributed by atoms with van der Waals surface area (Å²) in [5.74, 6) is 0.676. The lowest BCUT2D eigenvalue weighted by molar-refractivity contribution is -0.417. The van der Waals surface area contributed by atoms with E-state index in [1.54, 1.807) is 37.5 Å². The van der Waals surface area contributed by atoms with E-state index in [4.69, 9.17) is 4.74 Å². The molecule has 0 saturated carbocycles. The summed E-state index contributed by atoms with van der Waals surface area (Å²) < 4.78 is 5.99. The van der Waals surface area contributed by atoms with Crippen molar-refractivity contribution in [1.29, 1.82) is 0 Å². The standard InChI is InChI=1S/C13H15NO3S2/c1-17-12-6-4-5-10(8-12)7-11(14(15)16)9-13(18-2)19-3/h4-9H,1-3H3/b11-7+. The van der Waals surface area contributed by atoms with Gasteiger partial charge >= 0.3 is 0 Å². The first kappa shape index (κ1) is 15.7. The van der Waals surface area contributed by atoms with Gasteiger partial charge in [-0.25, -0.2) is 0 Å². The van der Waals surface area contributed by atoms with Crippen LogP contribution in [0.15, 0.2) is 40.3 Å². The van der Waals surface area contributed by atoms with Gasteiger partial charge in [0.2, 0.25) is 0 Å². The third kappa shape index (κ3) is 5.00. The van der Waals surface area contributed by atoms with E-state index in [-0.39, 0.29) is 10.6 Å². The Morgan fingerprint density at radius 2 is 2.05 bits per heavy atom. The molecule has 0 aliphatic rings. The van der Waals surface area contributed by atoms with Gasteiger partial charge in [-0.15, -0.1) is 23.5 Å². The topological polar surface area (TPSA) is 52.4 Å². The minimum Gasteiger partial charge on any atom is -0.497 e. The molecule has 0 saturated heterocycles. The maximum absolute atomic E-state index is 11.1. The van der Waals surface area contributed by atoms with Crippen molar-refractivity contribution in [1.82, 2.24) is 0 Å². The van der Waals surface area contributed by atoms with Crippen molar-refractivity contribution in [2.45, 2.75) is 0 Å². The molecule has 19 heavy (non-hydrogen) atoms. The molecule has 0 spiro atoms. The molecule has 0 bridgehead atoms. The molecule has 0 radical (unpaired) electrons. The number of hydrogen-bond donors (Lipinski definition) is 0. The molecule has 0 amide bonds. The number of benzene rings is 1. The zero-order valence-electron chi connectivity index (χ0n) is 11.0. The summed E-state index contributed by atoms with van der Waals surface area (Å²) in [5.41, 5.74) is 0.802. The molecule has 0 atom stereocenters. The van der Waals surface area contributed by atoms with E-state index >= 15 is 0 Å². The summed E-state index contributed by atoms with van der Waals surface area (Å²) in [7, 11) is 1.57. The zero-order valence-corrected chi connectivity index (χ0v) is 12.6. The summed E-state index contributed by atoms with van der Waals surface area (Å²) in [4.78, 5) is 10.7. The first-order valence-corrected chi connectivity index (χ1v) is 7.85. The van der Waals surface area contributed by atoms with Gasteiger partial charge in [-0.1, -0.05) is 12.1 Å². The maximum Gasteiger partial charge on any atom is 0.271 e. The lowest BCUT2D eigenvalue weighted by Gasteiger charge is -2.01. The second kappa shape index (κ2) is 7.91. The Hall–Kier alpha value is -1.40.